The van der Waals surface area contributed by atoms with E-state index >= 15 is 0 Å². The number of likely N-dealkylation sites (N-methyl/N-ethyl adjacent to an activating group) is 2. The number of carbonyl (C=O) groups excluding carboxylic acids is 2. The first kappa shape index (κ1) is 21.3. The number of rotatable bonds is 7. The number of aryl methyl sites for hydroxylation is 1. The molecule has 1 aliphatic rings. The normalized spacial score (nSPS) is 15.4. The van der Waals surface area contributed by atoms with E-state index in [1.807, 2.05) is 6.92 Å². The first-order valence-corrected chi connectivity index (χ1v) is 10.5. The first-order chi connectivity index (χ1) is 12.8. The van der Waals surface area contributed by atoms with Gasteiger partial charge in [-0.2, -0.15) is 4.31 Å². The zero-order valence-corrected chi connectivity index (χ0v) is 16.8. The molecular formula is C18H27N3O5S. The number of nitrogens with zero attached hydrogens (tertiary/aromatic N) is 2. The van der Waals surface area contributed by atoms with Crippen LogP contribution in [0.5, 0.6) is 0 Å². The van der Waals surface area contributed by atoms with Gasteiger partial charge in [0.25, 0.3) is 5.91 Å². The molecule has 1 aromatic rings. The average molecular weight is 397 g/mol. The van der Waals surface area contributed by atoms with Gasteiger partial charge >= 0.3 is 0 Å². The minimum absolute atomic E-state index is 0.0765. The summed E-state index contributed by atoms with van der Waals surface area (Å²) in [4.78, 5) is 26.0. The van der Waals surface area contributed by atoms with Crippen LogP contribution in [-0.4, -0.2) is 75.9 Å². The van der Waals surface area contributed by atoms with Gasteiger partial charge in [-0.1, -0.05) is 13.0 Å². The Morgan fingerprint density at radius 2 is 1.89 bits per heavy atom. The van der Waals surface area contributed by atoms with Crippen molar-refractivity contribution < 1.29 is 22.7 Å². The summed E-state index contributed by atoms with van der Waals surface area (Å²) in [7, 11) is -2.21. The topological polar surface area (TPSA) is 96.0 Å². The molecule has 8 nitrogen and oxygen atoms in total. The van der Waals surface area contributed by atoms with Crippen LogP contribution in [0.2, 0.25) is 0 Å². The molecule has 0 saturated carbocycles. The van der Waals surface area contributed by atoms with E-state index in [4.69, 9.17) is 4.74 Å². The van der Waals surface area contributed by atoms with Crippen LogP contribution in [0.25, 0.3) is 0 Å². The van der Waals surface area contributed by atoms with E-state index in [9.17, 15) is 18.0 Å². The van der Waals surface area contributed by atoms with E-state index in [2.05, 4.69) is 5.32 Å². The quantitative estimate of drug-likeness (QED) is 0.722. The van der Waals surface area contributed by atoms with Crippen LogP contribution in [0.1, 0.15) is 29.8 Å². The lowest BCUT2D eigenvalue weighted by molar-refractivity contribution is -0.121. The van der Waals surface area contributed by atoms with Crippen molar-refractivity contribution in [2.75, 3.05) is 46.4 Å². The molecule has 27 heavy (non-hydrogen) atoms. The van der Waals surface area contributed by atoms with Gasteiger partial charge < -0.3 is 15.0 Å². The summed E-state index contributed by atoms with van der Waals surface area (Å²) >= 11 is 0. The highest BCUT2D eigenvalue weighted by molar-refractivity contribution is 7.89. The molecule has 0 unspecified atom stereocenters. The molecule has 150 valence electrons. The Morgan fingerprint density at radius 1 is 1.22 bits per heavy atom. The standard InChI is InChI=1S/C18H27N3O5S/c1-4-14-6-7-15(18(23)20(5-2)13-17(22)19-3)12-16(14)27(24,25)21-8-10-26-11-9-21/h6-7,12H,4-5,8-11,13H2,1-3H3,(H,19,22). The van der Waals surface area contributed by atoms with E-state index in [1.54, 1.807) is 19.1 Å². The second-order valence-corrected chi connectivity index (χ2v) is 8.09. The molecule has 2 rings (SSSR count). The van der Waals surface area contributed by atoms with Crippen molar-refractivity contribution in [3.8, 4) is 0 Å². The number of amides is 2. The summed E-state index contributed by atoms with van der Waals surface area (Å²) in [5, 5.41) is 2.49. The van der Waals surface area contributed by atoms with Crippen molar-refractivity contribution in [3.05, 3.63) is 29.3 Å². The van der Waals surface area contributed by atoms with E-state index in [0.717, 1.165) is 0 Å². The number of carbonyl (C=O) groups is 2. The van der Waals surface area contributed by atoms with Crippen molar-refractivity contribution in [2.45, 2.75) is 25.2 Å². The Balaban J connectivity index is 2.39. The smallest absolute Gasteiger partial charge is 0.254 e. The van der Waals surface area contributed by atoms with Crippen LogP contribution in [0, 0.1) is 0 Å². The van der Waals surface area contributed by atoms with Crippen LogP contribution in [-0.2, 0) is 26.0 Å². The summed E-state index contributed by atoms with van der Waals surface area (Å²) in [5.41, 5.74) is 0.914. The van der Waals surface area contributed by atoms with Crippen molar-refractivity contribution in [1.29, 1.82) is 0 Å². The third kappa shape index (κ3) is 4.85. The molecular weight excluding hydrogens is 370 g/mol. The van der Waals surface area contributed by atoms with Crippen molar-refractivity contribution in [1.82, 2.24) is 14.5 Å². The zero-order valence-electron chi connectivity index (χ0n) is 16.0. The van der Waals surface area contributed by atoms with Gasteiger partial charge in [0.1, 0.15) is 0 Å². The molecule has 1 aliphatic heterocycles. The largest absolute Gasteiger partial charge is 0.379 e. The van der Waals surface area contributed by atoms with Gasteiger partial charge in [0.15, 0.2) is 0 Å². The fourth-order valence-electron chi connectivity index (χ4n) is 2.91. The molecule has 0 bridgehead atoms. The Bertz CT molecular complexity index is 788. The molecule has 9 heteroatoms. The molecule has 2 amide bonds. The maximum atomic E-state index is 13.1. The molecule has 0 atom stereocenters. The number of ether oxygens (including phenoxy) is 1. The first-order valence-electron chi connectivity index (χ1n) is 9.05. The Morgan fingerprint density at radius 3 is 2.44 bits per heavy atom. The molecule has 0 spiro atoms. The summed E-state index contributed by atoms with van der Waals surface area (Å²) in [5.74, 6) is -0.654. The van der Waals surface area contributed by atoms with Crippen molar-refractivity contribution in [2.24, 2.45) is 0 Å². The van der Waals surface area contributed by atoms with Crippen molar-refractivity contribution >= 4 is 21.8 Å². The molecule has 0 radical (unpaired) electrons. The van der Waals surface area contributed by atoms with Gasteiger partial charge in [-0.3, -0.25) is 9.59 Å². The van der Waals surface area contributed by atoms with Crippen LogP contribution < -0.4 is 5.32 Å². The highest BCUT2D eigenvalue weighted by atomic mass is 32.2. The summed E-state index contributed by atoms with van der Waals surface area (Å²) < 4.78 is 32.8. The molecule has 0 aromatic heterocycles. The zero-order chi connectivity index (χ0) is 20.0. The molecule has 1 heterocycles. The SMILES string of the molecule is CCc1ccc(C(=O)N(CC)CC(=O)NC)cc1S(=O)(=O)N1CCOCC1. The molecule has 1 aromatic carbocycles. The third-order valence-electron chi connectivity index (χ3n) is 4.57. The summed E-state index contributed by atoms with van der Waals surface area (Å²) in [6.07, 6.45) is 0.531. The Labute approximate surface area is 160 Å². The summed E-state index contributed by atoms with van der Waals surface area (Å²) in [6.45, 7) is 5.21. The van der Waals surface area contributed by atoms with Crippen LogP contribution in [0.15, 0.2) is 23.1 Å². The molecule has 1 N–H and O–H groups in total. The monoisotopic (exact) mass is 397 g/mol. The molecule has 1 fully saturated rings. The van der Waals surface area contributed by atoms with Gasteiger partial charge in [-0.15, -0.1) is 0 Å². The van der Waals surface area contributed by atoms with Crippen molar-refractivity contribution in [3.63, 3.8) is 0 Å². The minimum atomic E-state index is -3.72. The van der Waals surface area contributed by atoms with Gasteiger partial charge in [0.05, 0.1) is 24.7 Å². The number of hydrogen-bond donors (Lipinski definition) is 1. The number of morpholine rings is 1. The number of hydrogen-bond acceptors (Lipinski definition) is 5. The van der Waals surface area contributed by atoms with Crippen LogP contribution in [0.4, 0.5) is 0 Å². The highest BCUT2D eigenvalue weighted by Crippen LogP contribution is 2.24. The van der Waals surface area contributed by atoms with Gasteiger partial charge in [0, 0.05) is 32.2 Å². The lowest BCUT2D eigenvalue weighted by Gasteiger charge is -2.27. The summed E-state index contributed by atoms with van der Waals surface area (Å²) in [6, 6.07) is 4.72. The minimum Gasteiger partial charge on any atom is -0.379 e. The number of nitrogens with one attached hydrogen (secondary N) is 1. The molecule has 0 aliphatic carbocycles. The van der Waals surface area contributed by atoms with Gasteiger partial charge in [-0.05, 0) is 31.0 Å². The van der Waals surface area contributed by atoms with Crippen LogP contribution in [0.3, 0.4) is 0 Å². The lowest BCUT2D eigenvalue weighted by Crippen LogP contribution is -2.41. The average Bonchev–Trinajstić information content (AvgIpc) is 2.71. The second kappa shape index (κ2) is 9.29. The Hall–Kier alpha value is -1.97. The third-order valence-corrected chi connectivity index (χ3v) is 6.55. The predicted octanol–water partition coefficient (Wildman–Crippen LogP) is 0.478. The van der Waals surface area contributed by atoms with Gasteiger partial charge in [-0.25, -0.2) is 8.42 Å². The maximum Gasteiger partial charge on any atom is 0.254 e. The molecule has 1 saturated heterocycles. The highest BCUT2D eigenvalue weighted by Gasteiger charge is 2.29. The maximum absolute atomic E-state index is 13.1. The van der Waals surface area contributed by atoms with E-state index in [0.29, 0.717) is 44.8 Å². The predicted molar refractivity (Wildman–Crippen MR) is 101 cm³/mol. The van der Waals surface area contributed by atoms with Gasteiger partial charge in [0.2, 0.25) is 15.9 Å². The Kier molecular flexibility index (Phi) is 7.34. The lowest BCUT2D eigenvalue weighted by atomic mass is 10.1. The number of sulfonamides is 1. The second-order valence-electron chi connectivity index (χ2n) is 6.19. The number of benzene rings is 1. The van der Waals surface area contributed by atoms with Crippen LogP contribution >= 0.6 is 0 Å². The van der Waals surface area contributed by atoms with E-state index < -0.39 is 10.0 Å². The fraction of sp³-hybridized carbons (Fsp3) is 0.556. The van der Waals surface area contributed by atoms with E-state index in [1.165, 1.54) is 22.3 Å². The fourth-order valence-corrected chi connectivity index (χ4v) is 4.64. The van der Waals surface area contributed by atoms with E-state index in [-0.39, 0.29) is 28.8 Å².